The summed E-state index contributed by atoms with van der Waals surface area (Å²) in [7, 11) is 0. The van der Waals surface area contributed by atoms with E-state index in [1.54, 1.807) is 11.3 Å². The van der Waals surface area contributed by atoms with E-state index in [2.05, 4.69) is 33.2 Å². The van der Waals surface area contributed by atoms with Crippen LogP contribution in [0, 0.1) is 12.3 Å². The van der Waals surface area contributed by atoms with E-state index < -0.39 is 0 Å². The molecule has 4 rings (SSSR count). The zero-order chi connectivity index (χ0) is 16.7. The fourth-order valence-corrected chi connectivity index (χ4v) is 5.09. The van der Waals surface area contributed by atoms with Gasteiger partial charge in [-0.1, -0.05) is 6.92 Å². The predicted octanol–water partition coefficient (Wildman–Crippen LogP) is 3.23. The summed E-state index contributed by atoms with van der Waals surface area (Å²) in [4.78, 5) is 26.7. The van der Waals surface area contributed by atoms with Crippen molar-refractivity contribution in [3.63, 3.8) is 0 Å². The lowest BCUT2D eigenvalue weighted by molar-refractivity contribution is -0.145. The van der Waals surface area contributed by atoms with Gasteiger partial charge in [0.25, 0.3) is 0 Å². The van der Waals surface area contributed by atoms with Crippen molar-refractivity contribution in [1.82, 2.24) is 14.9 Å². The highest BCUT2D eigenvalue weighted by Gasteiger charge is 2.48. The molecule has 2 aliphatic rings. The largest absolute Gasteiger partial charge is 0.354 e. The summed E-state index contributed by atoms with van der Waals surface area (Å²) in [6.07, 6.45) is 4.12. The van der Waals surface area contributed by atoms with Crippen LogP contribution < -0.4 is 4.90 Å². The van der Waals surface area contributed by atoms with Crippen molar-refractivity contribution >= 4 is 33.3 Å². The minimum absolute atomic E-state index is 0.199. The van der Waals surface area contributed by atoms with Gasteiger partial charge in [0, 0.05) is 26.2 Å². The number of likely N-dealkylation sites (tertiary alicyclic amines) is 1. The summed E-state index contributed by atoms with van der Waals surface area (Å²) in [5.41, 5.74) is 0.821. The van der Waals surface area contributed by atoms with Gasteiger partial charge < -0.3 is 9.80 Å². The summed E-state index contributed by atoms with van der Waals surface area (Å²) in [5.74, 6) is 2.19. The molecule has 6 heteroatoms. The van der Waals surface area contributed by atoms with Crippen LogP contribution in [0.5, 0.6) is 0 Å². The molecule has 5 nitrogen and oxygen atoms in total. The third-order valence-electron chi connectivity index (χ3n) is 5.37. The van der Waals surface area contributed by atoms with Crippen LogP contribution in [-0.4, -0.2) is 47.0 Å². The Hall–Kier alpha value is -1.69. The number of aromatic nitrogens is 2. The molecule has 0 unspecified atom stereocenters. The van der Waals surface area contributed by atoms with Crippen molar-refractivity contribution in [3.8, 4) is 0 Å². The number of rotatable bonds is 3. The average molecular weight is 344 g/mol. The van der Waals surface area contributed by atoms with Crippen LogP contribution in [-0.2, 0) is 4.79 Å². The van der Waals surface area contributed by atoms with Crippen molar-refractivity contribution in [1.29, 1.82) is 0 Å². The van der Waals surface area contributed by atoms with E-state index in [0.717, 1.165) is 73.7 Å². The lowest BCUT2D eigenvalue weighted by atomic mass is 9.78. The van der Waals surface area contributed by atoms with Gasteiger partial charge in [-0.25, -0.2) is 9.97 Å². The molecule has 1 atom stereocenters. The van der Waals surface area contributed by atoms with Gasteiger partial charge in [-0.15, -0.1) is 11.3 Å². The zero-order valence-electron chi connectivity index (χ0n) is 14.4. The second-order valence-corrected chi connectivity index (χ2v) is 7.99. The molecule has 2 fully saturated rings. The highest BCUT2D eigenvalue weighted by atomic mass is 32.1. The molecule has 2 aliphatic heterocycles. The lowest BCUT2D eigenvalue weighted by Gasteiger charge is -2.39. The van der Waals surface area contributed by atoms with Gasteiger partial charge in [-0.05, 0) is 44.1 Å². The smallest absolute Gasteiger partial charge is 0.230 e. The Bertz CT molecular complexity index is 771. The molecule has 1 spiro atoms. The highest BCUT2D eigenvalue weighted by Crippen LogP contribution is 2.43. The molecule has 4 heterocycles. The molecule has 1 amide bonds. The quantitative estimate of drug-likeness (QED) is 0.858. The Kier molecular flexibility index (Phi) is 3.95. The van der Waals surface area contributed by atoms with E-state index in [1.807, 2.05) is 6.92 Å². The number of carbonyl (C=O) groups excluding carboxylic acids is 1. The van der Waals surface area contributed by atoms with Crippen LogP contribution in [0.3, 0.4) is 0 Å². The van der Waals surface area contributed by atoms with Crippen LogP contribution in [0.2, 0.25) is 0 Å². The van der Waals surface area contributed by atoms with Gasteiger partial charge in [-0.3, -0.25) is 4.79 Å². The fraction of sp³-hybridized carbons (Fsp3) is 0.611. The van der Waals surface area contributed by atoms with E-state index in [1.165, 1.54) is 0 Å². The molecule has 0 aliphatic carbocycles. The van der Waals surface area contributed by atoms with Crippen LogP contribution >= 0.6 is 11.3 Å². The number of thiophene rings is 1. The molecular formula is C18H24N4OS. The maximum atomic E-state index is 13.1. The molecule has 0 bridgehead atoms. The first-order chi connectivity index (χ1) is 11.6. The number of nitrogens with zero attached hydrogens (tertiary/aromatic N) is 4. The molecule has 0 N–H and O–H groups in total. The van der Waals surface area contributed by atoms with E-state index >= 15 is 0 Å². The topological polar surface area (TPSA) is 49.3 Å². The lowest BCUT2D eigenvalue weighted by Crippen LogP contribution is -2.50. The predicted molar refractivity (Wildman–Crippen MR) is 97.5 cm³/mol. The summed E-state index contributed by atoms with van der Waals surface area (Å²) in [6, 6.07) is 2.05. The number of fused-ring (bicyclic) bond motifs is 1. The Labute approximate surface area is 146 Å². The van der Waals surface area contributed by atoms with Gasteiger partial charge >= 0.3 is 0 Å². The third kappa shape index (κ3) is 2.48. The molecule has 0 aromatic carbocycles. The maximum Gasteiger partial charge on any atom is 0.230 e. The standard InChI is InChI=1S/C18H24N4OS/c1-3-8-21-9-4-6-18(17(21)23)7-10-22(12-18)16-15-14(5-11-24-15)19-13(2)20-16/h5,11H,3-4,6-10,12H2,1-2H3/t18-/m0/s1. The summed E-state index contributed by atoms with van der Waals surface area (Å²) in [5, 5.41) is 2.07. The van der Waals surface area contributed by atoms with Crippen molar-refractivity contribution in [2.24, 2.45) is 5.41 Å². The normalized spacial score (nSPS) is 24.5. The Balaban J connectivity index is 1.64. The molecule has 2 aromatic rings. The number of hydrogen-bond acceptors (Lipinski definition) is 5. The first kappa shape index (κ1) is 15.8. The van der Waals surface area contributed by atoms with Crippen molar-refractivity contribution in [2.75, 3.05) is 31.1 Å². The second-order valence-electron chi connectivity index (χ2n) is 7.08. The first-order valence-electron chi connectivity index (χ1n) is 8.89. The molecular weight excluding hydrogens is 320 g/mol. The Morgan fingerprint density at radius 1 is 1.29 bits per heavy atom. The van der Waals surface area contributed by atoms with Crippen LogP contribution in [0.15, 0.2) is 11.4 Å². The van der Waals surface area contributed by atoms with E-state index in [-0.39, 0.29) is 5.41 Å². The van der Waals surface area contributed by atoms with Crippen molar-refractivity contribution < 1.29 is 4.79 Å². The molecule has 0 saturated carbocycles. The molecule has 24 heavy (non-hydrogen) atoms. The minimum Gasteiger partial charge on any atom is -0.354 e. The minimum atomic E-state index is -0.199. The summed E-state index contributed by atoms with van der Waals surface area (Å²) in [6.45, 7) is 7.62. The van der Waals surface area contributed by atoms with E-state index in [4.69, 9.17) is 4.98 Å². The average Bonchev–Trinajstić information content (AvgIpc) is 3.19. The molecule has 0 radical (unpaired) electrons. The molecule has 128 valence electrons. The Morgan fingerprint density at radius 2 is 2.17 bits per heavy atom. The van der Waals surface area contributed by atoms with Gasteiger partial charge in [0.2, 0.25) is 5.91 Å². The first-order valence-corrected chi connectivity index (χ1v) is 9.77. The van der Waals surface area contributed by atoms with Crippen molar-refractivity contribution in [3.05, 3.63) is 17.3 Å². The van der Waals surface area contributed by atoms with Gasteiger partial charge in [0.15, 0.2) is 0 Å². The number of hydrogen-bond donors (Lipinski definition) is 0. The number of aryl methyl sites for hydroxylation is 1. The van der Waals surface area contributed by atoms with Gasteiger partial charge in [0.05, 0.1) is 15.6 Å². The number of piperidine rings is 1. The third-order valence-corrected chi connectivity index (χ3v) is 6.27. The van der Waals surface area contributed by atoms with E-state index in [9.17, 15) is 4.79 Å². The monoisotopic (exact) mass is 344 g/mol. The van der Waals surface area contributed by atoms with Gasteiger partial charge in [-0.2, -0.15) is 0 Å². The fourth-order valence-electron chi connectivity index (χ4n) is 4.24. The number of amides is 1. The van der Waals surface area contributed by atoms with Crippen LogP contribution in [0.25, 0.3) is 10.2 Å². The summed E-state index contributed by atoms with van der Waals surface area (Å²) >= 11 is 1.69. The second kappa shape index (κ2) is 5.99. The maximum absolute atomic E-state index is 13.1. The van der Waals surface area contributed by atoms with Crippen LogP contribution in [0.4, 0.5) is 5.82 Å². The highest BCUT2D eigenvalue weighted by molar-refractivity contribution is 7.17. The summed E-state index contributed by atoms with van der Waals surface area (Å²) < 4.78 is 1.14. The molecule has 2 saturated heterocycles. The zero-order valence-corrected chi connectivity index (χ0v) is 15.2. The Morgan fingerprint density at radius 3 is 3.00 bits per heavy atom. The van der Waals surface area contributed by atoms with Crippen LogP contribution in [0.1, 0.15) is 38.4 Å². The SMILES string of the molecule is CCCN1CCC[C@@]2(CCN(c3nc(C)nc4ccsc34)C2)C1=O. The number of carbonyl (C=O) groups is 1. The molecule has 2 aromatic heterocycles. The van der Waals surface area contributed by atoms with Crippen molar-refractivity contribution in [2.45, 2.75) is 39.5 Å². The van der Waals surface area contributed by atoms with E-state index in [0.29, 0.717) is 5.91 Å². The number of anilines is 1. The van der Waals surface area contributed by atoms with Gasteiger partial charge in [0.1, 0.15) is 11.6 Å².